The molecule has 0 fully saturated rings. The molecule has 82 valence electrons. The van der Waals surface area contributed by atoms with Crippen molar-refractivity contribution in [3.05, 3.63) is 0 Å². The molecule has 5 nitrogen and oxygen atoms in total. The maximum Gasteiger partial charge on any atom is 0.278 e. The smallest absolute Gasteiger partial charge is 0.278 e. The van der Waals surface area contributed by atoms with Crippen LogP contribution in [0.2, 0.25) is 0 Å². The van der Waals surface area contributed by atoms with Crippen molar-refractivity contribution in [2.75, 3.05) is 12.0 Å². The highest BCUT2D eigenvalue weighted by atomic mass is 32.2. The summed E-state index contributed by atoms with van der Waals surface area (Å²) in [6, 6.07) is -1.36. The van der Waals surface area contributed by atoms with Crippen molar-refractivity contribution in [2.24, 2.45) is 0 Å². The summed E-state index contributed by atoms with van der Waals surface area (Å²) in [4.78, 5) is 21.6. The zero-order chi connectivity index (χ0) is 11.1. The number of carbonyl (C=O) groups is 2. The molecule has 4 N–H and O–H groups in total. The first-order valence-corrected chi connectivity index (χ1v) is 5.71. The summed E-state index contributed by atoms with van der Waals surface area (Å²) in [5, 5.41) is 12.6. The lowest BCUT2D eigenvalue weighted by Gasteiger charge is -2.16. The number of carbonyl (C=O) groups excluding carboxylic acids is 2. The van der Waals surface area contributed by atoms with E-state index >= 15 is 0 Å². The SMILES string of the molecule is CSCC[C@H]([NH3+])C(=O)N[C@H](C)C(=O)[O-]. The first-order chi connectivity index (χ1) is 6.49. The molecule has 0 spiro atoms. The summed E-state index contributed by atoms with van der Waals surface area (Å²) in [6.07, 6.45) is 2.58. The summed E-state index contributed by atoms with van der Waals surface area (Å²) in [5.41, 5.74) is 3.65. The molecule has 0 saturated carbocycles. The Labute approximate surface area is 87.4 Å². The number of nitrogens with one attached hydrogen (secondary N) is 1. The summed E-state index contributed by atoms with van der Waals surface area (Å²) < 4.78 is 0. The Kier molecular flexibility index (Phi) is 6.31. The second-order valence-electron chi connectivity index (χ2n) is 3.03. The van der Waals surface area contributed by atoms with Gasteiger partial charge in [-0.3, -0.25) is 4.79 Å². The maximum absolute atomic E-state index is 11.3. The standard InChI is InChI=1S/C8H16N2O3S/c1-5(8(12)13)10-7(11)6(9)3-4-14-2/h5-6H,3-4,9H2,1-2H3,(H,10,11)(H,12,13)/t5-,6+/m1/s1. The van der Waals surface area contributed by atoms with Crippen LogP contribution >= 0.6 is 11.8 Å². The van der Waals surface area contributed by atoms with Crippen molar-refractivity contribution in [2.45, 2.75) is 25.4 Å². The zero-order valence-electron chi connectivity index (χ0n) is 8.41. The Balaban J connectivity index is 3.88. The normalized spacial score (nSPS) is 14.5. The lowest BCUT2D eigenvalue weighted by Crippen LogP contribution is -2.68. The number of rotatable bonds is 6. The maximum atomic E-state index is 11.3. The molecule has 0 saturated heterocycles. The van der Waals surface area contributed by atoms with E-state index < -0.39 is 18.1 Å². The molecule has 0 aliphatic carbocycles. The summed E-state index contributed by atoms with van der Waals surface area (Å²) in [7, 11) is 0. The zero-order valence-corrected chi connectivity index (χ0v) is 9.23. The van der Waals surface area contributed by atoms with Gasteiger partial charge < -0.3 is 21.0 Å². The molecule has 0 aromatic carbocycles. The Morgan fingerprint density at radius 3 is 2.57 bits per heavy atom. The van der Waals surface area contributed by atoms with Crippen molar-refractivity contribution >= 4 is 23.6 Å². The van der Waals surface area contributed by atoms with E-state index in [9.17, 15) is 14.7 Å². The number of quaternary nitrogens is 1. The lowest BCUT2D eigenvalue weighted by molar-refractivity contribution is -0.404. The van der Waals surface area contributed by atoms with Crippen LogP contribution < -0.4 is 16.2 Å². The molecule has 0 rings (SSSR count). The van der Waals surface area contributed by atoms with Gasteiger partial charge in [0.25, 0.3) is 5.91 Å². The topological polar surface area (TPSA) is 96.9 Å². The van der Waals surface area contributed by atoms with Gasteiger partial charge in [0.15, 0.2) is 6.04 Å². The molecule has 2 atom stereocenters. The Bertz CT molecular complexity index is 211. The van der Waals surface area contributed by atoms with E-state index in [1.807, 2.05) is 6.26 Å². The first kappa shape index (κ1) is 13.2. The van der Waals surface area contributed by atoms with Crippen LogP contribution in [0.15, 0.2) is 0 Å². The molecule has 1 amide bonds. The second-order valence-corrected chi connectivity index (χ2v) is 4.01. The van der Waals surface area contributed by atoms with Crippen molar-refractivity contribution in [3.8, 4) is 0 Å². The van der Waals surface area contributed by atoms with Crippen LogP contribution in [-0.2, 0) is 9.59 Å². The summed E-state index contributed by atoms with van der Waals surface area (Å²) in [6.45, 7) is 1.37. The molecular weight excluding hydrogens is 204 g/mol. The Morgan fingerprint density at radius 2 is 2.14 bits per heavy atom. The van der Waals surface area contributed by atoms with Gasteiger partial charge in [0.2, 0.25) is 0 Å². The molecule has 14 heavy (non-hydrogen) atoms. The van der Waals surface area contributed by atoms with Gasteiger partial charge >= 0.3 is 0 Å². The van der Waals surface area contributed by atoms with Gasteiger partial charge in [0.05, 0.1) is 12.0 Å². The van der Waals surface area contributed by atoms with Gasteiger partial charge in [-0.15, -0.1) is 0 Å². The minimum absolute atomic E-state index is 0.337. The first-order valence-electron chi connectivity index (χ1n) is 4.32. The van der Waals surface area contributed by atoms with E-state index in [1.165, 1.54) is 6.92 Å². The van der Waals surface area contributed by atoms with E-state index in [2.05, 4.69) is 11.1 Å². The van der Waals surface area contributed by atoms with Gasteiger partial charge in [-0.2, -0.15) is 11.8 Å². The molecule has 0 aliphatic rings. The molecule has 0 heterocycles. The van der Waals surface area contributed by atoms with Crippen LogP contribution in [-0.4, -0.2) is 36.0 Å². The monoisotopic (exact) mass is 220 g/mol. The summed E-state index contributed by atoms with van der Waals surface area (Å²) in [5.74, 6) is -0.785. The fraction of sp³-hybridized carbons (Fsp3) is 0.750. The number of carboxylic acid groups (broad SMARTS) is 1. The van der Waals surface area contributed by atoms with Gasteiger partial charge in [-0.05, 0) is 18.9 Å². The third-order valence-electron chi connectivity index (χ3n) is 1.75. The molecule has 0 bridgehead atoms. The average Bonchev–Trinajstić information content (AvgIpc) is 2.13. The van der Waals surface area contributed by atoms with Crippen LogP contribution in [0.4, 0.5) is 0 Å². The highest BCUT2D eigenvalue weighted by molar-refractivity contribution is 7.98. The van der Waals surface area contributed by atoms with Crippen LogP contribution in [0, 0.1) is 0 Å². The quantitative estimate of drug-likeness (QED) is 0.521. The number of hydrogen-bond acceptors (Lipinski definition) is 4. The fourth-order valence-electron chi connectivity index (χ4n) is 0.781. The van der Waals surface area contributed by atoms with E-state index in [0.29, 0.717) is 6.42 Å². The largest absolute Gasteiger partial charge is 0.548 e. The van der Waals surface area contributed by atoms with E-state index in [0.717, 1.165) is 5.75 Å². The third-order valence-corrected chi connectivity index (χ3v) is 2.40. The number of carboxylic acids is 1. The number of hydrogen-bond donors (Lipinski definition) is 2. The average molecular weight is 220 g/mol. The highest BCUT2D eigenvalue weighted by Gasteiger charge is 2.18. The van der Waals surface area contributed by atoms with Crippen molar-refractivity contribution in [1.82, 2.24) is 5.32 Å². The Hall–Kier alpha value is -0.750. The predicted octanol–water partition coefficient (Wildman–Crippen LogP) is -2.40. The number of aliphatic carboxylic acids is 1. The number of thioether (sulfide) groups is 1. The molecule has 0 aromatic heterocycles. The minimum atomic E-state index is -1.28. The van der Waals surface area contributed by atoms with Crippen LogP contribution in [0.5, 0.6) is 0 Å². The van der Waals surface area contributed by atoms with Crippen LogP contribution in [0.3, 0.4) is 0 Å². The minimum Gasteiger partial charge on any atom is -0.548 e. The van der Waals surface area contributed by atoms with Crippen molar-refractivity contribution < 1.29 is 20.4 Å². The third kappa shape index (κ3) is 5.08. The summed E-state index contributed by atoms with van der Waals surface area (Å²) >= 11 is 1.62. The highest BCUT2D eigenvalue weighted by Crippen LogP contribution is 1.97. The molecule has 0 aromatic rings. The predicted molar refractivity (Wildman–Crippen MR) is 52.3 cm³/mol. The molecule has 0 unspecified atom stereocenters. The van der Waals surface area contributed by atoms with Crippen molar-refractivity contribution in [3.63, 3.8) is 0 Å². The van der Waals surface area contributed by atoms with Crippen LogP contribution in [0.1, 0.15) is 13.3 Å². The van der Waals surface area contributed by atoms with Gasteiger partial charge in [-0.25, -0.2) is 0 Å². The van der Waals surface area contributed by atoms with Gasteiger partial charge in [0.1, 0.15) is 0 Å². The second kappa shape index (κ2) is 6.67. The molecule has 0 radical (unpaired) electrons. The van der Waals surface area contributed by atoms with Gasteiger partial charge in [-0.1, -0.05) is 0 Å². The molecule has 0 aliphatic heterocycles. The van der Waals surface area contributed by atoms with Crippen molar-refractivity contribution in [1.29, 1.82) is 0 Å². The molecular formula is C8H16N2O3S. The lowest BCUT2D eigenvalue weighted by atomic mass is 10.2. The van der Waals surface area contributed by atoms with Gasteiger partial charge in [0, 0.05) is 6.42 Å². The fourth-order valence-corrected chi connectivity index (χ4v) is 1.30. The van der Waals surface area contributed by atoms with Crippen LogP contribution in [0.25, 0.3) is 0 Å². The van der Waals surface area contributed by atoms with E-state index in [4.69, 9.17) is 0 Å². The Morgan fingerprint density at radius 1 is 1.57 bits per heavy atom. The number of amides is 1. The van der Waals surface area contributed by atoms with E-state index in [1.54, 1.807) is 11.8 Å². The van der Waals surface area contributed by atoms with E-state index in [-0.39, 0.29) is 5.91 Å². The molecule has 6 heteroatoms.